The molecule has 1 atom stereocenters. The number of halogens is 5. The normalized spacial score (nSPS) is 13.6. The fourth-order valence-corrected chi connectivity index (χ4v) is 8.67. The van der Waals surface area contributed by atoms with Crippen molar-refractivity contribution in [2.24, 2.45) is 0 Å². The third-order valence-corrected chi connectivity index (χ3v) is 10.5. The van der Waals surface area contributed by atoms with Gasteiger partial charge in [0, 0.05) is 20.3 Å². The Hall–Kier alpha value is -3.75. The van der Waals surface area contributed by atoms with Crippen LogP contribution in [0, 0.1) is 0 Å². The van der Waals surface area contributed by atoms with Gasteiger partial charge >= 0.3 is 33.5 Å². The molecule has 0 aliphatic carbocycles. The molecular weight excluding hydrogens is 595 g/mol. The molecular formula is C27H23F5O7S2. The number of hydrogen-bond donors (Lipinski definition) is 0. The summed E-state index contributed by atoms with van der Waals surface area (Å²) in [5.41, 5.74) is -0.242. The molecule has 0 amide bonds. The van der Waals surface area contributed by atoms with Gasteiger partial charge in [0.25, 0.3) is 6.10 Å². The molecule has 3 aromatic rings. The van der Waals surface area contributed by atoms with Crippen molar-refractivity contribution in [2.45, 2.75) is 39.1 Å². The van der Waals surface area contributed by atoms with E-state index in [-0.39, 0.29) is 20.3 Å². The van der Waals surface area contributed by atoms with Gasteiger partial charge in [-0.2, -0.15) is 30.4 Å². The Bertz CT molecular complexity index is 1380. The summed E-state index contributed by atoms with van der Waals surface area (Å²) in [6, 6.07) is 21.9. The topological polar surface area (TPSA) is 96.0 Å². The van der Waals surface area contributed by atoms with E-state index in [0.717, 1.165) is 6.92 Å². The van der Waals surface area contributed by atoms with Gasteiger partial charge in [-0.05, 0) is 53.6 Å². The van der Waals surface area contributed by atoms with Crippen LogP contribution in [-0.2, 0) is 32.8 Å². The van der Waals surface area contributed by atoms with Crippen molar-refractivity contribution in [1.29, 1.82) is 0 Å². The molecule has 3 aromatic carbocycles. The molecule has 3 rings (SSSR count). The van der Waals surface area contributed by atoms with Crippen molar-refractivity contribution in [3.63, 3.8) is 0 Å². The van der Waals surface area contributed by atoms with E-state index < -0.39 is 56.5 Å². The first kappa shape index (κ1) is 31.8. The summed E-state index contributed by atoms with van der Waals surface area (Å²) in [6.45, 7) is 2.84. The van der Waals surface area contributed by atoms with Gasteiger partial charge in [0.05, 0.1) is 0 Å². The van der Waals surface area contributed by atoms with Crippen molar-refractivity contribution < 1.29 is 53.1 Å². The fourth-order valence-electron chi connectivity index (χ4n) is 3.41. The van der Waals surface area contributed by atoms with Gasteiger partial charge in [-0.1, -0.05) is 61.2 Å². The van der Waals surface area contributed by atoms with Crippen LogP contribution in [0.2, 0.25) is 0 Å². The molecule has 0 aliphatic heterocycles. The Morgan fingerprint density at radius 3 is 1.51 bits per heavy atom. The molecule has 0 heterocycles. The molecule has 0 bridgehead atoms. The minimum Gasteiger partial charge on any atom is -0.450 e. The smallest absolute Gasteiger partial charge is 0.432 e. The second kappa shape index (κ2) is 12.4. The second-order valence-corrected chi connectivity index (χ2v) is 12.9. The quantitative estimate of drug-likeness (QED) is 0.139. The van der Waals surface area contributed by atoms with Gasteiger partial charge in [-0.15, -0.1) is 0 Å². The molecule has 0 radical (unpaired) electrons. The van der Waals surface area contributed by atoms with Gasteiger partial charge < -0.3 is 9.47 Å². The highest BCUT2D eigenvalue weighted by Crippen LogP contribution is 2.70. The third-order valence-electron chi connectivity index (χ3n) is 5.27. The Balaban J connectivity index is 2.14. The number of rotatable bonds is 11. The predicted octanol–water partition coefficient (Wildman–Crippen LogP) is 6.42. The van der Waals surface area contributed by atoms with Crippen molar-refractivity contribution in [3.8, 4) is 0 Å². The first-order valence-corrected chi connectivity index (χ1v) is 14.5. The van der Waals surface area contributed by atoms with Crippen LogP contribution in [0.15, 0.2) is 118 Å². The summed E-state index contributed by atoms with van der Waals surface area (Å²) in [5.74, 6) is -3.29. The lowest BCUT2D eigenvalue weighted by atomic mass is 10.3. The minimum atomic E-state index is -6.55. The Morgan fingerprint density at radius 2 is 1.17 bits per heavy atom. The van der Waals surface area contributed by atoms with Gasteiger partial charge in [0.2, 0.25) is 0 Å². The Morgan fingerprint density at radius 1 is 0.780 bits per heavy atom. The van der Waals surface area contributed by atoms with Crippen LogP contribution in [0.5, 0.6) is 0 Å². The number of benzene rings is 3. The maximum absolute atomic E-state index is 15.5. The number of esters is 2. The Labute approximate surface area is 234 Å². The highest BCUT2D eigenvalue weighted by Gasteiger charge is 2.68. The number of hydrogen-bond acceptors (Lipinski definition) is 7. The van der Waals surface area contributed by atoms with Crippen LogP contribution in [-0.4, -0.2) is 44.5 Å². The van der Waals surface area contributed by atoms with E-state index in [1.54, 1.807) is 18.2 Å². The molecule has 0 N–H and O–H groups in total. The molecule has 0 fully saturated rings. The number of ether oxygens (including phenoxy) is 2. The van der Waals surface area contributed by atoms with Crippen molar-refractivity contribution in [1.82, 2.24) is 0 Å². The van der Waals surface area contributed by atoms with E-state index in [0.29, 0.717) is 0 Å². The lowest BCUT2D eigenvalue weighted by Crippen LogP contribution is -2.53. The summed E-state index contributed by atoms with van der Waals surface area (Å²) in [6.07, 6.45) is -10.6. The van der Waals surface area contributed by atoms with Crippen molar-refractivity contribution in [3.05, 3.63) is 103 Å². The average Bonchev–Trinajstić information content (AvgIpc) is 2.93. The molecule has 7 nitrogen and oxygen atoms in total. The van der Waals surface area contributed by atoms with Crippen molar-refractivity contribution in [2.75, 3.05) is 6.61 Å². The standard InChI is InChI=1S/C27H23F5O7S2/c1-19(2)24(34)37-18-23(33)38-25(26(28,29)30)27(31,32)41(35,36)39-40(20-12-6-3-7-13-20,21-14-8-4-9-15-21)22-16-10-5-11-17-22/h3-17,25H,1,18H2,2H3. The summed E-state index contributed by atoms with van der Waals surface area (Å²) < 4.78 is 113. The highest BCUT2D eigenvalue weighted by atomic mass is 32.3. The molecule has 0 aliphatic rings. The molecule has 0 saturated heterocycles. The predicted molar refractivity (Wildman–Crippen MR) is 138 cm³/mol. The first-order chi connectivity index (χ1) is 19.1. The van der Waals surface area contributed by atoms with Gasteiger partial charge in [-0.25, -0.2) is 13.2 Å². The summed E-state index contributed by atoms with van der Waals surface area (Å²) in [5, 5.41) is -5.85. The van der Waals surface area contributed by atoms with Crippen LogP contribution in [0.25, 0.3) is 0 Å². The Kier molecular flexibility index (Phi) is 9.62. The van der Waals surface area contributed by atoms with Crippen LogP contribution in [0.3, 0.4) is 0 Å². The third kappa shape index (κ3) is 6.94. The van der Waals surface area contributed by atoms with Gasteiger partial charge in [0.15, 0.2) is 6.61 Å². The number of alkyl halides is 5. The van der Waals surface area contributed by atoms with Gasteiger partial charge in [0.1, 0.15) is 0 Å². The minimum absolute atomic E-state index is 0.0732. The first-order valence-electron chi connectivity index (χ1n) is 11.5. The van der Waals surface area contributed by atoms with E-state index >= 15 is 8.78 Å². The molecule has 14 heteroatoms. The molecule has 220 valence electrons. The second-order valence-electron chi connectivity index (χ2n) is 8.35. The molecule has 1 unspecified atom stereocenters. The number of carbonyl (C=O) groups excluding carboxylic acids is 2. The maximum atomic E-state index is 15.5. The SMILES string of the molecule is C=C(C)C(=O)OCC(=O)OC(C(F)(F)F)C(F)(F)S(=O)(=O)OS(c1ccccc1)(c1ccccc1)c1ccccc1. The van der Waals surface area contributed by atoms with Crippen LogP contribution in [0.1, 0.15) is 6.92 Å². The lowest BCUT2D eigenvalue weighted by molar-refractivity contribution is -0.259. The van der Waals surface area contributed by atoms with Crippen LogP contribution >= 0.6 is 10.3 Å². The number of carbonyl (C=O) groups is 2. The average molecular weight is 619 g/mol. The van der Waals surface area contributed by atoms with Crippen LogP contribution in [0.4, 0.5) is 22.0 Å². The zero-order valence-electron chi connectivity index (χ0n) is 21.2. The van der Waals surface area contributed by atoms with Crippen LogP contribution < -0.4 is 0 Å². The summed E-state index contributed by atoms with van der Waals surface area (Å²) in [4.78, 5) is 23.6. The molecule has 41 heavy (non-hydrogen) atoms. The summed E-state index contributed by atoms with van der Waals surface area (Å²) >= 11 is 0. The van der Waals surface area contributed by atoms with Gasteiger partial charge in [-0.3, -0.25) is 0 Å². The fraction of sp³-hybridized carbons (Fsp3) is 0.185. The molecule has 0 saturated carbocycles. The van der Waals surface area contributed by atoms with E-state index in [1.807, 2.05) is 0 Å². The van der Waals surface area contributed by atoms with Crippen molar-refractivity contribution >= 4 is 32.4 Å². The molecule has 0 aromatic heterocycles. The lowest BCUT2D eigenvalue weighted by Gasteiger charge is -2.40. The van der Waals surface area contributed by atoms with E-state index in [1.165, 1.54) is 72.8 Å². The highest BCUT2D eigenvalue weighted by molar-refractivity contribution is 8.33. The summed E-state index contributed by atoms with van der Waals surface area (Å²) in [7, 11) is -10.2. The monoisotopic (exact) mass is 618 g/mol. The van der Waals surface area contributed by atoms with E-state index in [9.17, 15) is 31.2 Å². The van der Waals surface area contributed by atoms with E-state index in [2.05, 4.69) is 16.1 Å². The van der Waals surface area contributed by atoms with E-state index in [4.69, 9.17) is 3.63 Å². The maximum Gasteiger partial charge on any atom is 0.432 e. The largest absolute Gasteiger partial charge is 0.450 e. The molecule has 0 spiro atoms. The zero-order valence-corrected chi connectivity index (χ0v) is 22.8. The zero-order chi connectivity index (χ0) is 30.5.